The smallest absolute Gasteiger partial charge is 0.251 e. The number of amides is 2. The van der Waals surface area contributed by atoms with Gasteiger partial charge in [0.1, 0.15) is 12.4 Å². The number of pyridine rings is 1. The van der Waals surface area contributed by atoms with Crippen molar-refractivity contribution >= 4 is 22.8 Å². The molecule has 2 heterocycles. The Kier molecular flexibility index (Phi) is 7.17. The van der Waals surface area contributed by atoms with Crippen molar-refractivity contribution in [2.45, 2.75) is 46.2 Å². The van der Waals surface area contributed by atoms with Gasteiger partial charge in [-0.1, -0.05) is 26.0 Å². The lowest BCUT2D eigenvalue weighted by Crippen LogP contribution is -2.36. The molecule has 0 bridgehead atoms. The molecule has 0 aliphatic heterocycles. The third-order valence-corrected chi connectivity index (χ3v) is 4.99. The SMILES string of the molecule is CCCN(CCC)C(=O)Cn1c(C(C)NC(=O)c2ccncc2)nc2ccccc21. The van der Waals surface area contributed by atoms with Crippen LogP contribution in [0.25, 0.3) is 11.0 Å². The number of imidazole rings is 1. The number of fused-ring (bicyclic) bond motifs is 1. The minimum absolute atomic E-state index is 0.0655. The van der Waals surface area contributed by atoms with Gasteiger partial charge >= 0.3 is 0 Å². The van der Waals surface area contributed by atoms with E-state index in [0.29, 0.717) is 11.4 Å². The Hall–Kier alpha value is -3.22. The van der Waals surface area contributed by atoms with Gasteiger partial charge in [0.15, 0.2) is 0 Å². The van der Waals surface area contributed by atoms with Crippen LogP contribution in [0.2, 0.25) is 0 Å². The lowest BCUT2D eigenvalue weighted by molar-refractivity contribution is -0.131. The van der Waals surface area contributed by atoms with Crippen LogP contribution in [0.1, 0.15) is 55.8 Å². The highest BCUT2D eigenvalue weighted by atomic mass is 16.2. The van der Waals surface area contributed by atoms with Gasteiger partial charge in [-0.25, -0.2) is 4.98 Å². The number of nitrogens with zero attached hydrogens (tertiary/aromatic N) is 4. The summed E-state index contributed by atoms with van der Waals surface area (Å²) in [5, 5.41) is 2.99. The van der Waals surface area contributed by atoms with E-state index in [1.54, 1.807) is 24.5 Å². The molecule has 7 nitrogen and oxygen atoms in total. The van der Waals surface area contributed by atoms with Crippen LogP contribution in [0.4, 0.5) is 0 Å². The Morgan fingerprint density at radius 1 is 1.07 bits per heavy atom. The summed E-state index contributed by atoms with van der Waals surface area (Å²) in [6.07, 6.45) is 5.01. The number of aromatic nitrogens is 3. The molecule has 0 spiro atoms. The first-order valence-corrected chi connectivity index (χ1v) is 10.5. The first-order valence-electron chi connectivity index (χ1n) is 10.5. The van der Waals surface area contributed by atoms with Gasteiger partial charge in [0.25, 0.3) is 5.91 Å². The van der Waals surface area contributed by atoms with Gasteiger partial charge in [0.05, 0.1) is 17.1 Å². The number of para-hydroxylation sites is 2. The summed E-state index contributed by atoms with van der Waals surface area (Å²) in [6, 6.07) is 10.7. The first-order chi connectivity index (χ1) is 14.5. The molecule has 3 aromatic rings. The number of benzene rings is 1. The molecule has 0 aliphatic rings. The van der Waals surface area contributed by atoms with Crippen molar-refractivity contribution in [2.24, 2.45) is 0 Å². The maximum Gasteiger partial charge on any atom is 0.251 e. The summed E-state index contributed by atoms with van der Waals surface area (Å²) in [5.41, 5.74) is 2.23. The van der Waals surface area contributed by atoms with Gasteiger partial charge in [-0.05, 0) is 44.0 Å². The Morgan fingerprint density at radius 2 is 1.73 bits per heavy atom. The molecule has 3 rings (SSSR count). The van der Waals surface area contributed by atoms with Crippen LogP contribution in [-0.2, 0) is 11.3 Å². The highest BCUT2D eigenvalue weighted by Gasteiger charge is 2.22. The van der Waals surface area contributed by atoms with E-state index in [-0.39, 0.29) is 24.4 Å². The van der Waals surface area contributed by atoms with Crippen LogP contribution in [-0.4, -0.2) is 44.3 Å². The third-order valence-electron chi connectivity index (χ3n) is 4.99. The molecule has 7 heteroatoms. The molecule has 0 radical (unpaired) electrons. The van der Waals surface area contributed by atoms with E-state index in [2.05, 4.69) is 24.1 Å². The second-order valence-electron chi connectivity index (χ2n) is 7.36. The predicted octanol–water partition coefficient (Wildman–Crippen LogP) is 3.57. The van der Waals surface area contributed by atoms with Gasteiger partial charge < -0.3 is 14.8 Å². The molecule has 2 aromatic heterocycles. The topological polar surface area (TPSA) is 80.1 Å². The lowest BCUT2D eigenvalue weighted by atomic mass is 10.2. The van der Waals surface area contributed by atoms with Crippen molar-refractivity contribution in [3.63, 3.8) is 0 Å². The van der Waals surface area contributed by atoms with Gasteiger partial charge in [-0.3, -0.25) is 14.6 Å². The summed E-state index contributed by atoms with van der Waals surface area (Å²) in [6.45, 7) is 7.71. The maximum absolute atomic E-state index is 13.0. The lowest BCUT2D eigenvalue weighted by Gasteiger charge is -2.23. The van der Waals surface area contributed by atoms with Gasteiger partial charge in [-0.2, -0.15) is 0 Å². The Bertz CT molecular complexity index is 993. The Balaban J connectivity index is 1.89. The summed E-state index contributed by atoms with van der Waals surface area (Å²) in [4.78, 5) is 36.2. The summed E-state index contributed by atoms with van der Waals surface area (Å²) in [5.74, 6) is 0.532. The minimum Gasteiger partial charge on any atom is -0.342 e. The maximum atomic E-state index is 13.0. The second kappa shape index (κ2) is 10.0. The predicted molar refractivity (Wildman–Crippen MR) is 117 cm³/mol. The molecule has 2 amide bonds. The van der Waals surface area contributed by atoms with E-state index < -0.39 is 0 Å². The average molecular weight is 408 g/mol. The zero-order chi connectivity index (χ0) is 21.5. The fraction of sp³-hybridized carbons (Fsp3) is 0.391. The van der Waals surface area contributed by atoms with Crippen LogP contribution in [0, 0.1) is 0 Å². The van der Waals surface area contributed by atoms with Crippen molar-refractivity contribution in [3.05, 3.63) is 60.2 Å². The normalized spacial score (nSPS) is 12.0. The van der Waals surface area contributed by atoms with Crippen molar-refractivity contribution in [3.8, 4) is 0 Å². The second-order valence-corrected chi connectivity index (χ2v) is 7.36. The van der Waals surface area contributed by atoms with Crippen molar-refractivity contribution < 1.29 is 9.59 Å². The first kappa shape index (κ1) is 21.5. The standard InChI is InChI=1S/C23H29N5O2/c1-4-14-27(15-5-2)21(29)16-28-20-9-7-6-8-19(20)26-22(28)17(3)25-23(30)18-10-12-24-13-11-18/h6-13,17H,4-5,14-16H2,1-3H3,(H,25,30). The fourth-order valence-corrected chi connectivity index (χ4v) is 3.57. The number of hydrogen-bond acceptors (Lipinski definition) is 4. The molecule has 0 aliphatic carbocycles. The van der Waals surface area contributed by atoms with Gasteiger partial charge in [-0.15, -0.1) is 0 Å². The van der Waals surface area contributed by atoms with E-state index >= 15 is 0 Å². The zero-order valence-corrected chi connectivity index (χ0v) is 17.8. The molecule has 30 heavy (non-hydrogen) atoms. The highest BCUT2D eigenvalue weighted by Crippen LogP contribution is 2.21. The number of hydrogen-bond donors (Lipinski definition) is 1. The highest BCUT2D eigenvalue weighted by molar-refractivity contribution is 5.94. The summed E-state index contributed by atoms with van der Waals surface area (Å²) < 4.78 is 1.92. The van der Waals surface area contributed by atoms with E-state index in [1.165, 1.54) is 0 Å². The number of carbonyl (C=O) groups is 2. The molecule has 1 unspecified atom stereocenters. The fourth-order valence-electron chi connectivity index (χ4n) is 3.57. The van der Waals surface area contributed by atoms with E-state index in [0.717, 1.165) is 37.0 Å². The van der Waals surface area contributed by atoms with Gasteiger partial charge in [0, 0.05) is 31.0 Å². The number of nitrogens with one attached hydrogen (secondary N) is 1. The largest absolute Gasteiger partial charge is 0.342 e. The summed E-state index contributed by atoms with van der Waals surface area (Å²) >= 11 is 0. The molecule has 0 saturated carbocycles. The van der Waals surface area contributed by atoms with Crippen LogP contribution in [0.5, 0.6) is 0 Å². The van der Waals surface area contributed by atoms with Gasteiger partial charge in [0.2, 0.25) is 5.91 Å². The third kappa shape index (κ3) is 4.84. The van der Waals surface area contributed by atoms with Crippen LogP contribution in [0.3, 0.4) is 0 Å². The van der Waals surface area contributed by atoms with Crippen molar-refractivity contribution in [1.29, 1.82) is 0 Å². The van der Waals surface area contributed by atoms with E-state index in [9.17, 15) is 9.59 Å². The number of rotatable bonds is 9. The molecular weight excluding hydrogens is 378 g/mol. The molecular formula is C23H29N5O2. The van der Waals surface area contributed by atoms with Crippen molar-refractivity contribution in [2.75, 3.05) is 13.1 Å². The molecule has 1 N–H and O–H groups in total. The molecule has 1 aromatic carbocycles. The Morgan fingerprint density at radius 3 is 2.40 bits per heavy atom. The van der Waals surface area contributed by atoms with E-state index in [4.69, 9.17) is 4.98 Å². The number of carbonyl (C=O) groups excluding carboxylic acids is 2. The monoisotopic (exact) mass is 407 g/mol. The minimum atomic E-state index is -0.364. The molecule has 0 saturated heterocycles. The Labute approximate surface area is 177 Å². The quantitative estimate of drug-likeness (QED) is 0.588. The van der Waals surface area contributed by atoms with Crippen LogP contribution >= 0.6 is 0 Å². The zero-order valence-electron chi connectivity index (χ0n) is 17.8. The summed E-state index contributed by atoms with van der Waals surface area (Å²) in [7, 11) is 0. The van der Waals surface area contributed by atoms with Crippen LogP contribution < -0.4 is 5.32 Å². The van der Waals surface area contributed by atoms with Crippen LogP contribution in [0.15, 0.2) is 48.8 Å². The average Bonchev–Trinajstić information content (AvgIpc) is 3.12. The molecule has 158 valence electrons. The molecule has 0 fully saturated rings. The molecule has 1 atom stereocenters. The van der Waals surface area contributed by atoms with Crippen molar-refractivity contribution in [1.82, 2.24) is 24.8 Å². The van der Waals surface area contributed by atoms with E-state index in [1.807, 2.05) is 40.7 Å².